The summed E-state index contributed by atoms with van der Waals surface area (Å²) in [6.07, 6.45) is 12.0. The molecule has 35 heavy (non-hydrogen) atoms. The van der Waals surface area contributed by atoms with Gasteiger partial charge in [-0.05, 0) is 114 Å². The van der Waals surface area contributed by atoms with Crippen LogP contribution in [0.1, 0.15) is 127 Å². The minimum atomic E-state index is -0.550. The highest BCUT2D eigenvalue weighted by Crippen LogP contribution is 2.78. The van der Waals surface area contributed by atoms with Crippen molar-refractivity contribution in [3.63, 3.8) is 0 Å². The largest absolute Gasteiger partial charge is 0.455 e. The molecule has 3 nitrogen and oxygen atoms in total. The first-order valence-electron chi connectivity index (χ1n) is 14.7. The van der Waals surface area contributed by atoms with Gasteiger partial charge in [0.1, 0.15) is 0 Å². The monoisotopic (exact) mass is 484 g/mol. The molecule has 0 aromatic carbocycles. The molecular weight excluding hydrogens is 432 g/mol. The van der Waals surface area contributed by atoms with Crippen molar-refractivity contribution in [2.45, 2.75) is 133 Å². The number of carbonyl (C=O) groups is 2. The maximum absolute atomic E-state index is 13.3. The van der Waals surface area contributed by atoms with Crippen molar-refractivity contribution < 1.29 is 14.3 Å². The second kappa shape index (κ2) is 7.59. The Kier molecular flexibility index (Phi) is 5.59. The Labute approximate surface area is 214 Å². The summed E-state index contributed by atoms with van der Waals surface area (Å²) in [4.78, 5) is 25.2. The Hall–Kier alpha value is -0.860. The third kappa shape index (κ3) is 3.34. The van der Waals surface area contributed by atoms with Gasteiger partial charge < -0.3 is 4.74 Å². The normalized spacial score (nSPS) is 55.1. The van der Waals surface area contributed by atoms with Crippen molar-refractivity contribution in [3.05, 3.63) is 0 Å². The van der Waals surface area contributed by atoms with Gasteiger partial charge in [0.05, 0.1) is 0 Å². The molecule has 0 aromatic heterocycles. The van der Waals surface area contributed by atoms with Crippen molar-refractivity contribution in [2.75, 3.05) is 0 Å². The summed E-state index contributed by atoms with van der Waals surface area (Å²) in [6, 6.07) is 0. The van der Waals surface area contributed by atoms with Gasteiger partial charge in [-0.1, -0.05) is 55.4 Å². The van der Waals surface area contributed by atoms with E-state index in [0.29, 0.717) is 33.5 Å². The number of rotatable bonds is 1. The van der Waals surface area contributed by atoms with Crippen LogP contribution in [0.25, 0.3) is 0 Å². The van der Waals surface area contributed by atoms with Crippen molar-refractivity contribution in [3.8, 4) is 0 Å². The van der Waals surface area contributed by atoms with Crippen LogP contribution in [0.3, 0.4) is 0 Å². The zero-order valence-electron chi connectivity index (χ0n) is 24.2. The van der Waals surface area contributed by atoms with Crippen LogP contribution in [0.15, 0.2) is 0 Å². The molecule has 0 heterocycles. The van der Waals surface area contributed by atoms with Gasteiger partial charge in [0.15, 0.2) is 11.9 Å². The number of hydrogen-bond donors (Lipinski definition) is 0. The number of carbonyl (C=O) groups excluding carboxylic acids is 2. The number of ether oxygens (including phenoxy) is 1. The van der Waals surface area contributed by atoms with E-state index in [-0.39, 0.29) is 28.5 Å². The SMILES string of the molecule is CC(=O)OC1CC2C(C)(CCC3C2(C)CCC2(C)C4CC(C)(C)CCC4(C)CCC32C)C(C)C1=O. The summed E-state index contributed by atoms with van der Waals surface area (Å²) in [6.45, 7) is 21.6. The summed E-state index contributed by atoms with van der Waals surface area (Å²) < 4.78 is 5.66. The molecule has 3 heteroatoms. The van der Waals surface area contributed by atoms with Crippen LogP contribution >= 0.6 is 0 Å². The topological polar surface area (TPSA) is 43.4 Å². The highest BCUT2D eigenvalue weighted by molar-refractivity contribution is 5.88. The lowest BCUT2D eigenvalue weighted by atomic mass is 9.30. The number of fused-ring (bicyclic) bond motifs is 7. The van der Waals surface area contributed by atoms with Crippen LogP contribution in [0.2, 0.25) is 0 Å². The van der Waals surface area contributed by atoms with Crippen LogP contribution < -0.4 is 0 Å². The molecule has 10 atom stereocenters. The van der Waals surface area contributed by atoms with Gasteiger partial charge in [-0.3, -0.25) is 9.59 Å². The summed E-state index contributed by atoms with van der Waals surface area (Å²) in [5, 5.41) is 0. The Balaban J connectivity index is 1.54. The van der Waals surface area contributed by atoms with E-state index in [9.17, 15) is 9.59 Å². The molecule has 10 unspecified atom stereocenters. The highest BCUT2D eigenvalue weighted by atomic mass is 16.5. The summed E-state index contributed by atoms with van der Waals surface area (Å²) >= 11 is 0. The minimum Gasteiger partial charge on any atom is -0.455 e. The Morgan fingerprint density at radius 3 is 2.03 bits per heavy atom. The van der Waals surface area contributed by atoms with Crippen LogP contribution in [0, 0.1) is 56.2 Å². The van der Waals surface area contributed by atoms with Crippen molar-refractivity contribution in [1.29, 1.82) is 0 Å². The highest BCUT2D eigenvalue weighted by Gasteiger charge is 2.71. The van der Waals surface area contributed by atoms with E-state index in [2.05, 4.69) is 55.4 Å². The lowest BCUT2D eigenvalue weighted by molar-refractivity contribution is -0.260. The lowest BCUT2D eigenvalue weighted by Crippen LogP contribution is -2.68. The molecule has 0 amide bonds. The first kappa shape index (κ1) is 25.8. The van der Waals surface area contributed by atoms with Gasteiger partial charge in [-0.15, -0.1) is 0 Å². The van der Waals surface area contributed by atoms with Gasteiger partial charge in [0, 0.05) is 12.8 Å². The lowest BCUT2D eigenvalue weighted by Gasteiger charge is -2.75. The molecule has 0 spiro atoms. The third-order valence-electron chi connectivity index (χ3n) is 14.1. The quantitative estimate of drug-likeness (QED) is 0.354. The van der Waals surface area contributed by atoms with Crippen LogP contribution in [-0.4, -0.2) is 17.9 Å². The molecule has 0 aliphatic heterocycles. The first-order valence-corrected chi connectivity index (χ1v) is 14.7. The average molecular weight is 485 g/mol. The standard InChI is InChI=1S/C32H52O3/c1-20-26(34)22(35-21(2)33)18-24-29(20,6)11-10-23-30(24,7)15-17-32(9)25-19-27(3,4)12-13-28(25,5)14-16-31(23,32)8/h20,22-25H,10-19H2,1-9H3. The van der Waals surface area contributed by atoms with E-state index in [1.807, 2.05) is 0 Å². The van der Waals surface area contributed by atoms with Crippen molar-refractivity contribution in [1.82, 2.24) is 0 Å². The van der Waals surface area contributed by atoms with E-state index in [0.717, 1.165) is 18.8 Å². The number of esters is 1. The maximum atomic E-state index is 13.3. The summed E-state index contributed by atoms with van der Waals surface area (Å²) in [5.74, 6) is 1.72. The zero-order chi connectivity index (χ0) is 25.8. The van der Waals surface area contributed by atoms with E-state index < -0.39 is 6.10 Å². The summed E-state index contributed by atoms with van der Waals surface area (Å²) in [7, 11) is 0. The van der Waals surface area contributed by atoms with Gasteiger partial charge in [-0.2, -0.15) is 0 Å². The van der Waals surface area contributed by atoms with Gasteiger partial charge in [0.25, 0.3) is 0 Å². The van der Waals surface area contributed by atoms with Crippen LogP contribution in [-0.2, 0) is 14.3 Å². The van der Waals surface area contributed by atoms with E-state index in [4.69, 9.17) is 4.74 Å². The Bertz CT molecular complexity index is 922. The van der Waals surface area contributed by atoms with Crippen LogP contribution in [0.5, 0.6) is 0 Å². The molecule has 5 rings (SSSR count). The van der Waals surface area contributed by atoms with E-state index in [1.165, 1.54) is 58.3 Å². The van der Waals surface area contributed by atoms with E-state index >= 15 is 0 Å². The molecule has 0 bridgehead atoms. The average Bonchev–Trinajstić information content (AvgIpc) is 2.76. The fourth-order valence-corrected chi connectivity index (χ4v) is 11.4. The maximum Gasteiger partial charge on any atom is 0.303 e. The summed E-state index contributed by atoms with van der Waals surface area (Å²) in [5.41, 5.74) is 1.87. The molecule has 5 fully saturated rings. The molecule has 0 N–H and O–H groups in total. The molecule has 198 valence electrons. The Morgan fingerprint density at radius 2 is 1.37 bits per heavy atom. The molecule has 0 radical (unpaired) electrons. The number of ketones is 1. The minimum absolute atomic E-state index is 0.0130. The zero-order valence-corrected chi connectivity index (χ0v) is 24.2. The predicted molar refractivity (Wildman–Crippen MR) is 141 cm³/mol. The fourth-order valence-electron chi connectivity index (χ4n) is 11.4. The second-order valence-corrected chi connectivity index (χ2v) is 16.0. The van der Waals surface area contributed by atoms with E-state index in [1.54, 1.807) is 0 Å². The number of hydrogen-bond acceptors (Lipinski definition) is 3. The molecule has 0 saturated heterocycles. The van der Waals surface area contributed by atoms with Crippen molar-refractivity contribution >= 4 is 11.8 Å². The van der Waals surface area contributed by atoms with Gasteiger partial charge in [0.2, 0.25) is 0 Å². The fraction of sp³-hybridized carbons (Fsp3) is 0.938. The third-order valence-corrected chi connectivity index (χ3v) is 14.1. The first-order chi connectivity index (χ1) is 16.0. The molecule has 5 saturated carbocycles. The Morgan fingerprint density at radius 1 is 0.771 bits per heavy atom. The molecule has 5 aliphatic carbocycles. The molecular formula is C32H52O3. The smallest absolute Gasteiger partial charge is 0.303 e. The molecule has 5 aliphatic rings. The van der Waals surface area contributed by atoms with Gasteiger partial charge >= 0.3 is 5.97 Å². The number of Topliss-reactive ketones (excluding diaryl/α,β-unsaturated/α-hetero) is 1. The predicted octanol–water partition coefficient (Wildman–Crippen LogP) is 8.00. The second-order valence-electron chi connectivity index (χ2n) is 16.0. The van der Waals surface area contributed by atoms with Gasteiger partial charge in [-0.25, -0.2) is 0 Å². The van der Waals surface area contributed by atoms with Crippen molar-refractivity contribution in [2.24, 2.45) is 56.2 Å². The van der Waals surface area contributed by atoms with Crippen LogP contribution in [0.4, 0.5) is 0 Å². The molecule has 0 aromatic rings.